The molecule has 0 aromatic rings. The van der Waals surface area contributed by atoms with E-state index in [-0.39, 0.29) is 49.1 Å². The summed E-state index contributed by atoms with van der Waals surface area (Å²) in [5, 5.41) is 0. The first-order valence-corrected chi connectivity index (χ1v) is 2.00. The van der Waals surface area contributed by atoms with Crippen LogP contribution in [0.25, 0.3) is 0 Å². The summed E-state index contributed by atoms with van der Waals surface area (Å²) in [6.07, 6.45) is 0. The molecule has 78 valence electrons. The molecule has 11 heteroatoms. The van der Waals surface area contributed by atoms with Gasteiger partial charge in [-0.1, -0.05) is 0 Å². The molecule has 0 aromatic heterocycles. The van der Waals surface area contributed by atoms with Crippen LogP contribution in [0.15, 0.2) is 0 Å². The van der Waals surface area contributed by atoms with E-state index in [1.165, 1.54) is 0 Å². The van der Waals surface area contributed by atoms with E-state index in [9.17, 15) is 0 Å². The average molecular weight is 282 g/mol. The van der Waals surface area contributed by atoms with E-state index < -0.39 is 10.4 Å². The van der Waals surface area contributed by atoms with E-state index in [0.29, 0.717) is 0 Å². The van der Waals surface area contributed by atoms with Crippen molar-refractivity contribution in [2.24, 2.45) is 0 Å². The maximum Gasteiger partial charge on any atom is 0.0311 e. The molecule has 0 aliphatic carbocycles. The van der Waals surface area contributed by atoms with Crippen molar-refractivity contribution in [3.63, 3.8) is 0 Å². The molecular weight excluding hydrogens is 270 g/mol. The Morgan fingerprint density at radius 1 is 0.818 bits per heavy atom. The van der Waals surface area contributed by atoms with E-state index in [2.05, 4.69) is 0 Å². The van der Waals surface area contributed by atoms with Crippen LogP contribution in [0.1, 0.15) is 0 Å². The largest absolute Gasteiger partial charge is 0.759 e. The molecule has 0 fully saturated rings. The maximum atomic E-state index is 8.52. The summed E-state index contributed by atoms with van der Waals surface area (Å²) in [6.45, 7) is 0. The van der Waals surface area contributed by atoms with Crippen LogP contribution in [0.3, 0.4) is 0 Å². The van der Waals surface area contributed by atoms with Crippen LogP contribution in [0.2, 0.25) is 0 Å². The Morgan fingerprint density at radius 3 is 0.818 bits per heavy atom. The first-order valence-electron chi connectivity index (χ1n) is 0.667. The second-order valence-electron chi connectivity index (χ2n) is 0.408. The minimum absolute atomic E-state index is 0. The van der Waals surface area contributed by atoms with Crippen molar-refractivity contribution in [3.8, 4) is 0 Å². The Hall–Kier alpha value is 0.358. The number of hydrogen-bond acceptors (Lipinski definition) is 4. The van der Waals surface area contributed by atoms with E-state index in [1.54, 1.807) is 0 Å². The van der Waals surface area contributed by atoms with Gasteiger partial charge in [0.1, 0.15) is 0 Å². The smallest absolute Gasteiger partial charge is 0.0311 e. The first kappa shape index (κ1) is 64.2. The molecule has 9 nitrogen and oxygen atoms in total. The Balaban J connectivity index is -0.00000000533. The van der Waals surface area contributed by atoms with Gasteiger partial charge in [-0.05, 0) is 0 Å². The molecule has 0 aliphatic heterocycles. The number of rotatable bonds is 0. The van der Waals surface area contributed by atoms with Crippen molar-refractivity contribution in [2.45, 2.75) is 0 Å². The van der Waals surface area contributed by atoms with Crippen molar-refractivity contribution in [3.05, 3.63) is 0 Å². The zero-order valence-corrected chi connectivity index (χ0v) is 8.27. The minimum atomic E-state index is -5.17. The molecule has 11 heavy (non-hydrogen) atoms. The predicted octanol–water partition coefficient (Wildman–Crippen LogP) is -4.26. The summed E-state index contributed by atoms with van der Waals surface area (Å²) in [4.78, 5) is 0. The topological polar surface area (TPSA) is 243 Å². The van der Waals surface area contributed by atoms with Gasteiger partial charge in [0.05, 0.1) is 0 Å². The SMILES string of the molecule is O.O.O.O.O=S(=O)([O-])[O-].[Mo].[NH4+]. The quantitative estimate of drug-likeness (QED) is 0.263. The molecule has 0 aliphatic rings. The summed E-state index contributed by atoms with van der Waals surface area (Å²) in [7, 11) is -5.17. The van der Waals surface area contributed by atoms with Crippen LogP contribution in [-0.4, -0.2) is 39.4 Å². The Labute approximate surface area is 77.5 Å². The molecule has 0 saturated carbocycles. The van der Waals surface area contributed by atoms with Gasteiger partial charge in [0, 0.05) is 31.5 Å². The molecule has 0 bridgehead atoms. The monoisotopic (exact) mass is 284 g/mol. The fourth-order valence-electron chi connectivity index (χ4n) is 0. The van der Waals surface area contributed by atoms with Gasteiger partial charge in [0.25, 0.3) is 0 Å². The van der Waals surface area contributed by atoms with Crippen molar-refractivity contribution >= 4 is 10.4 Å². The van der Waals surface area contributed by atoms with Crippen LogP contribution in [-0.2, 0) is 31.5 Å². The fourth-order valence-corrected chi connectivity index (χ4v) is 0. The van der Waals surface area contributed by atoms with Gasteiger partial charge < -0.3 is 37.2 Å². The molecule has 0 radical (unpaired) electrons. The van der Waals surface area contributed by atoms with Crippen LogP contribution in [0, 0.1) is 0 Å². The minimum Gasteiger partial charge on any atom is -0.759 e. The van der Waals surface area contributed by atoms with Crippen molar-refractivity contribution in [2.75, 3.05) is 0 Å². The molecule has 0 aromatic carbocycles. The van der Waals surface area contributed by atoms with Gasteiger partial charge >= 0.3 is 0 Å². The fraction of sp³-hybridized carbons (Fsp3) is 0. The first-order chi connectivity index (χ1) is 2.00. The average Bonchev–Trinajstić information content (AvgIpc) is 0.722. The molecular formula is H12MoNO8S-. The third kappa shape index (κ3) is 5640. The van der Waals surface area contributed by atoms with Gasteiger partial charge in [0.15, 0.2) is 0 Å². The third-order valence-electron chi connectivity index (χ3n) is 0. The Kier molecular flexibility index (Phi) is 131. The maximum absolute atomic E-state index is 8.52. The molecule has 0 unspecified atom stereocenters. The van der Waals surface area contributed by atoms with Gasteiger partial charge in [-0.15, -0.1) is 0 Å². The molecule has 0 amide bonds. The predicted molar refractivity (Wildman–Crippen MR) is 30.9 cm³/mol. The second-order valence-corrected chi connectivity index (χ2v) is 1.22. The van der Waals surface area contributed by atoms with Crippen LogP contribution in [0.4, 0.5) is 0 Å². The van der Waals surface area contributed by atoms with E-state index >= 15 is 0 Å². The molecule has 0 atom stereocenters. The summed E-state index contributed by atoms with van der Waals surface area (Å²) in [5.41, 5.74) is 0. The molecule has 0 saturated heterocycles. The number of quaternary nitrogens is 1. The summed E-state index contributed by atoms with van der Waals surface area (Å²) in [6, 6.07) is 0. The van der Waals surface area contributed by atoms with Crippen molar-refractivity contribution in [1.29, 1.82) is 0 Å². The second kappa shape index (κ2) is 22.4. The standard InChI is InChI=1S/Mo.H3N.H2O4S.4H2O/c;;1-5(2,3)4;;;;/h;1H3;(H2,1,2,3,4);4*1H2/p-1. The van der Waals surface area contributed by atoms with Gasteiger partial charge in [-0.2, -0.15) is 0 Å². The van der Waals surface area contributed by atoms with E-state index in [4.69, 9.17) is 17.5 Å². The third-order valence-corrected chi connectivity index (χ3v) is 0. The van der Waals surface area contributed by atoms with E-state index in [0.717, 1.165) is 0 Å². The summed E-state index contributed by atoms with van der Waals surface area (Å²) >= 11 is 0. The Bertz CT molecular complexity index is 97.3. The molecule has 0 heterocycles. The summed E-state index contributed by atoms with van der Waals surface area (Å²) in [5.74, 6) is 0. The van der Waals surface area contributed by atoms with Crippen molar-refractivity contribution < 1.29 is 60.5 Å². The van der Waals surface area contributed by atoms with E-state index in [1.807, 2.05) is 0 Å². The van der Waals surface area contributed by atoms with Gasteiger partial charge in [-0.3, -0.25) is 8.42 Å². The molecule has 12 N–H and O–H groups in total. The zero-order chi connectivity index (χ0) is 4.50. The van der Waals surface area contributed by atoms with Gasteiger partial charge in [-0.25, -0.2) is 0 Å². The molecule has 0 rings (SSSR count). The zero-order valence-electron chi connectivity index (χ0n) is 5.45. The van der Waals surface area contributed by atoms with Crippen LogP contribution < -0.4 is 6.15 Å². The summed E-state index contributed by atoms with van der Waals surface area (Å²) < 4.78 is 34.1. The molecule has 0 spiro atoms. The van der Waals surface area contributed by atoms with Crippen molar-refractivity contribution in [1.82, 2.24) is 6.15 Å². The Morgan fingerprint density at radius 2 is 0.818 bits per heavy atom. The van der Waals surface area contributed by atoms with Gasteiger partial charge in [0.2, 0.25) is 0 Å². The normalized spacial score (nSPS) is 5.27. The van der Waals surface area contributed by atoms with Crippen LogP contribution >= 0.6 is 0 Å². The number of hydrogen-bond donors (Lipinski definition) is 1. The van der Waals surface area contributed by atoms with Crippen LogP contribution in [0.5, 0.6) is 0 Å².